The molecule has 0 radical (unpaired) electrons. The van der Waals surface area contributed by atoms with Crippen molar-refractivity contribution in [3.8, 4) is 11.8 Å². The Hall–Kier alpha value is -3.58. The quantitative estimate of drug-likeness (QED) is 0.675. The van der Waals surface area contributed by atoms with E-state index in [-0.39, 0.29) is 17.6 Å². The molecule has 1 aliphatic carbocycles. The van der Waals surface area contributed by atoms with Crippen molar-refractivity contribution in [1.29, 1.82) is 0 Å². The van der Waals surface area contributed by atoms with Gasteiger partial charge < -0.3 is 15.4 Å². The molecule has 3 heterocycles. The first-order chi connectivity index (χ1) is 16.1. The van der Waals surface area contributed by atoms with E-state index < -0.39 is 0 Å². The number of nitrogens with zero attached hydrogens (tertiary/aromatic N) is 3. The number of aromatic nitrogens is 2. The third-order valence-corrected chi connectivity index (χ3v) is 5.79. The first-order valence-electron chi connectivity index (χ1n) is 11.2. The monoisotopic (exact) mass is 443 g/mol. The number of amidine groups is 1. The van der Waals surface area contributed by atoms with Crippen molar-refractivity contribution >= 4 is 23.3 Å². The van der Waals surface area contributed by atoms with Crippen LogP contribution in [0.5, 0.6) is 11.8 Å². The lowest BCUT2D eigenvalue weighted by Crippen LogP contribution is -2.20. The fourth-order valence-corrected chi connectivity index (χ4v) is 4.22. The second-order valence-corrected chi connectivity index (χ2v) is 8.37. The summed E-state index contributed by atoms with van der Waals surface area (Å²) in [5.74, 6) is 1.02. The summed E-state index contributed by atoms with van der Waals surface area (Å²) >= 11 is 0. The fourth-order valence-electron chi connectivity index (χ4n) is 4.22. The Morgan fingerprint density at radius 2 is 2.12 bits per heavy atom. The Morgan fingerprint density at radius 1 is 1.21 bits per heavy atom. The smallest absolute Gasteiger partial charge is 0.324 e. The minimum Gasteiger partial charge on any atom is -0.421 e. The standard InChI is InChI=1S/C26H26FN5O/c1-3-4-17-13-23(29-15-17)31-24-14-21(18-7-9-28-10-8-18)30-26(32-24)33-22-6-5-19-11-16(2)12-20(19)25(22)27/h3-7,12-14,28H,8-11,15H2,1-2H3,(H,29,30,31,32)/b4-3+. The van der Waals surface area contributed by atoms with Crippen molar-refractivity contribution in [3.63, 3.8) is 0 Å². The van der Waals surface area contributed by atoms with Gasteiger partial charge in [0.15, 0.2) is 11.6 Å². The van der Waals surface area contributed by atoms with Crippen molar-refractivity contribution in [3.05, 3.63) is 76.3 Å². The number of anilines is 1. The highest BCUT2D eigenvalue weighted by Crippen LogP contribution is 2.34. The molecule has 5 rings (SSSR count). The summed E-state index contributed by atoms with van der Waals surface area (Å²) in [5, 5.41) is 6.57. The number of allylic oxidation sites excluding steroid dienone is 2. The van der Waals surface area contributed by atoms with Gasteiger partial charge in [0.25, 0.3) is 0 Å². The van der Waals surface area contributed by atoms with E-state index in [2.05, 4.69) is 31.7 Å². The Bertz CT molecular complexity index is 1260. The SMILES string of the molecule is C/C=C/C1=CC(Nc2cc(C3=CCNCC3)nc(Oc3ccc4c(c3F)C=C(C)C4)n2)=NC1. The molecule has 0 saturated heterocycles. The van der Waals surface area contributed by atoms with Gasteiger partial charge in [-0.25, -0.2) is 4.39 Å². The number of fused-ring (bicyclic) bond motifs is 1. The van der Waals surface area contributed by atoms with E-state index in [9.17, 15) is 0 Å². The van der Waals surface area contributed by atoms with Crippen LogP contribution in [0.2, 0.25) is 0 Å². The van der Waals surface area contributed by atoms with E-state index in [0.29, 0.717) is 17.9 Å². The zero-order valence-electron chi connectivity index (χ0n) is 18.8. The maximum Gasteiger partial charge on any atom is 0.324 e. The molecule has 0 atom stereocenters. The van der Waals surface area contributed by atoms with Crippen molar-refractivity contribution in [2.75, 3.05) is 25.0 Å². The van der Waals surface area contributed by atoms with E-state index in [0.717, 1.165) is 59.7 Å². The molecule has 3 aliphatic rings. The Morgan fingerprint density at radius 3 is 2.94 bits per heavy atom. The van der Waals surface area contributed by atoms with Crippen LogP contribution in [0.25, 0.3) is 11.6 Å². The summed E-state index contributed by atoms with van der Waals surface area (Å²) < 4.78 is 21.0. The predicted molar refractivity (Wildman–Crippen MR) is 130 cm³/mol. The van der Waals surface area contributed by atoms with Crippen LogP contribution < -0.4 is 15.4 Å². The second kappa shape index (κ2) is 9.11. The Kier molecular flexibility index (Phi) is 5.88. The summed E-state index contributed by atoms with van der Waals surface area (Å²) in [6, 6.07) is 5.54. The number of aliphatic imine (C=N–C) groups is 1. The molecule has 0 saturated carbocycles. The van der Waals surface area contributed by atoms with Gasteiger partial charge in [0.1, 0.15) is 11.7 Å². The van der Waals surface area contributed by atoms with Crippen LogP contribution in [-0.2, 0) is 6.42 Å². The molecule has 6 nitrogen and oxygen atoms in total. The first kappa shape index (κ1) is 21.3. The van der Waals surface area contributed by atoms with Gasteiger partial charge in [-0.15, -0.1) is 0 Å². The number of hydrogen-bond acceptors (Lipinski definition) is 6. The van der Waals surface area contributed by atoms with Crippen LogP contribution >= 0.6 is 0 Å². The number of halogens is 1. The van der Waals surface area contributed by atoms with Gasteiger partial charge in [-0.3, -0.25) is 4.99 Å². The van der Waals surface area contributed by atoms with Crippen LogP contribution in [0.1, 0.15) is 37.1 Å². The molecule has 168 valence electrons. The minimum atomic E-state index is -0.381. The lowest BCUT2D eigenvalue weighted by molar-refractivity contribution is 0.410. The highest BCUT2D eigenvalue weighted by molar-refractivity contribution is 6.05. The number of nitrogens with one attached hydrogen (secondary N) is 2. The van der Waals surface area contributed by atoms with E-state index in [1.54, 1.807) is 6.07 Å². The predicted octanol–water partition coefficient (Wildman–Crippen LogP) is 5.07. The summed E-state index contributed by atoms with van der Waals surface area (Å²) in [6.07, 6.45) is 11.6. The highest BCUT2D eigenvalue weighted by Gasteiger charge is 2.20. The average Bonchev–Trinajstić information content (AvgIpc) is 3.42. The van der Waals surface area contributed by atoms with Crippen molar-refractivity contribution in [1.82, 2.24) is 15.3 Å². The summed E-state index contributed by atoms with van der Waals surface area (Å²) in [5.41, 5.74) is 5.68. The maximum atomic E-state index is 15.1. The number of hydrogen-bond donors (Lipinski definition) is 2. The van der Waals surface area contributed by atoms with Crippen LogP contribution in [0.4, 0.5) is 10.2 Å². The average molecular weight is 444 g/mol. The van der Waals surface area contributed by atoms with Crippen molar-refractivity contribution in [2.24, 2.45) is 4.99 Å². The van der Waals surface area contributed by atoms with E-state index >= 15 is 4.39 Å². The molecule has 0 spiro atoms. The third-order valence-electron chi connectivity index (χ3n) is 5.79. The molecule has 1 aromatic heterocycles. The Labute approximate surface area is 192 Å². The molecule has 0 fully saturated rings. The highest BCUT2D eigenvalue weighted by atomic mass is 19.1. The minimum absolute atomic E-state index is 0.100. The van der Waals surface area contributed by atoms with Gasteiger partial charge >= 0.3 is 6.01 Å². The van der Waals surface area contributed by atoms with Crippen molar-refractivity contribution in [2.45, 2.75) is 26.7 Å². The van der Waals surface area contributed by atoms with E-state index in [1.807, 2.05) is 50.3 Å². The largest absolute Gasteiger partial charge is 0.421 e. The summed E-state index contributed by atoms with van der Waals surface area (Å²) in [4.78, 5) is 13.6. The molecule has 0 amide bonds. The molecular formula is C26H26FN5O. The Balaban J connectivity index is 1.47. The topological polar surface area (TPSA) is 71.4 Å². The van der Waals surface area contributed by atoms with Crippen LogP contribution in [0.15, 0.2) is 58.6 Å². The van der Waals surface area contributed by atoms with Crippen LogP contribution in [0.3, 0.4) is 0 Å². The number of rotatable bonds is 5. The molecule has 2 aliphatic heterocycles. The number of ether oxygens (including phenoxy) is 1. The second-order valence-electron chi connectivity index (χ2n) is 8.37. The van der Waals surface area contributed by atoms with Gasteiger partial charge in [-0.2, -0.15) is 9.97 Å². The van der Waals surface area contributed by atoms with Crippen LogP contribution in [0, 0.1) is 5.82 Å². The van der Waals surface area contributed by atoms with E-state index in [4.69, 9.17) is 4.74 Å². The van der Waals surface area contributed by atoms with Gasteiger partial charge in [0.05, 0.1) is 12.2 Å². The van der Waals surface area contributed by atoms with Crippen LogP contribution in [-0.4, -0.2) is 35.4 Å². The fraction of sp³-hybridized carbons (Fsp3) is 0.269. The molecule has 2 N–H and O–H groups in total. The van der Waals surface area contributed by atoms with Gasteiger partial charge in [0.2, 0.25) is 0 Å². The molecule has 2 aromatic rings. The van der Waals surface area contributed by atoms with Gasteiger partial charge in [-0.1, -0.05) is 35.9 Å². The van der Waals surface area contributed by atoms with E-state index in [1.165, 1.54) is 0 Å². The number of benzene rings is 1. The molecule has 0 bridgehead atoms. The molecule has 0 unspecified atom stereocenters. The lowest BCUT2D eigenvalue weighted by Gasteiger charge is -2.16. The van der Waals surface area contributed by atoms with Gasteiger partial charge in [-0.05, 0) is 62.1 Å². The maximum absolute atomic E-state index is 15.1. The zero-order chi connectivity index (χ0) is 22.8. The normalized spacial score (nSPS) is 17.4. The molecule has 7 heteroatoms. The zero-order valence-corrected chi connectivity index (χ0v) is 18.8. The summed E-state index contributed by atoms with van der Waals surface area (Å²) in [7, 11) is 0. The first-order valence-corrected chi connectivity index (χ1v) is 11.2. The van der Waals surface area contributed by atoms with Gasteiger partial charge in [0, 0.05) is 18.2 Å². The molecular weight excluding hydrogens is 417 g/mol. The molecule has 33 heavy (non-hydrogen) atoms. The molecule has 1 aromatic carbocycles. The summed E-state index contributed by atoms with van der Waals surface area (Å²) in [6.45, 7) is 6.26. The van der Waals surface area contributed by atoms with Crippen molar-refractivity contribution < 1.29 is 9.13 Å². The third kappa shape index (κ3) is 4.64. The lowest BCUT2D eigenvalue weighted by atomic mass is 10.1.